The van der Waals surface area contributed by atoms with E-state index in [2.05, 4.69) is 10.6 Å². The molecule has 0 aliphatic rings. The van der Waals surface area contributed by atoms with Crippen LogP contribution in [0.1, 0.15) is 31.8 Å². The molecule has 0 saturated heterocycles. The minimum Gasteiger partial charge on any atom is -0.388 e. The molecule has 0 heterocycles. The van der Waals surface area contributed by atoms with Gasteiger partial charge in [-0.15, -0.1) is 0 Å². The predicted octanol–water partition coefficient (Wildman–Crippen LogP) is 4.23. The van der Waals surface area contributed by atoms with Gasteiger partial charge in [0.25, 0.3) is 0 Å². The molecule has 0 bridgehead atoms. The average Bonchev–Trinajstić information content (AvgIpc) is 2.72. The van der Waals surface area contributed by atoms with E-state index in [1.807, 2.05) is 36.4 Å². The zero-order chi connectivity index (χ0) is 18.5. The summed E-state index contributed by atoms with van der Waals surface area (Å²) in [5.41, 5.74) is 3.86. The summed E-state index contributed by atoms with van der Waals surface area (Å²) >= 11 is 0. The number of carbonyl (C=O) groups is 2. The van der Waals surface area contributed by atoms with E-state index in [1.54, 1.807) is 50.5 Å². The van der Waals surface area contributed by atoms with Crippen molar-refractivity contribution in [2.75, 3.05) is 24.7 Å². The van der Waals surface area contributed by atoms with Gasteiger partial charge >= 0.3 is 0 Å². The number of carbonyl (C=O) groups excluding carboxylic acids is 2. The molecule has 0 aromatic heterocycles. The van der Waals surface area contributed by atoms with Gasteiger partial charge in [0.15, 0.2) is 11.6 Å². The van der Waals surface area contributed by atoms with E-state index in [0.29, 0.717) is 22.3 Å². The maximum atomic E-state index is 12.7. The quantitative estimate of drug-likeness (QED) is 0.657. The average molecular weight is 344 g/mol. The van der Waals surface area contributed by atoms with Gasteiger partial charge in [-0.3, -0.25) is 9.59 Å². The van der Waals surface area contributed by atoms with E-state index in [4.69, 9.17) is 0 Å². The highest BCUT2D eigenvalue weighted by Crippen LogP contribution is 2.21. The third-order valence-electron chi connectivity index (χ3n) is 4.29. The summed E-state index contributed by atoms with van der Waals surface area (Å²) in [5, 5.41) is 6.06. The fourth-order valence-corrected chi connectivity index (χ4v) is 2.88. The first-order chi connectivity index (χ1) is 12.7. The second-order valence-corrected chi connectivity index (χ2v) is 5.83. The number of nitrogens with one attached hydrogen (secondary N) is 2. The highest BCUT2D eigenvalue weighted by Gasteiger charge is 2.16. The van der Waals surface area contributed by atoms with Gasteiger partial charge in [-0.25, -0.2) is 0 Å². The number of anilines is 2. The van der Waals surface area contributed by atoms with Gasteiger partial charge < -0.3 is 10.6 Å². The first kappa shape index (κ1) is 17.4. The zero-order valence-corrected chi connectivity index (χ0v) is 14.7. The van der Waals surface area contributed by atoms with Gasteiger partial charge in [-0.05, 0) is 24.3 Å². The lowest BCUT2D eigenvalue weighted by Crippen LogP contribution is -2.08. The van der Waals surface area contributed by atoms with Crippen molar-refractivity contribution in [1.82, 2.24) is 0 Å². The molecular weight excluding hydrogens is 324 g/mol. The molecule has 26 heavy (non-hydrogen) atoms. The number of para-hydroxylation sites is 2. The van der Waals surface area contributed by atoms with Crippen LogP contribution in [0.4, 0.5) is 11.4 Å². The van der Waals surface area contributed by atoms with Crippen LogP contribution in [0.25, 0.3) is 0 Å². The molecule has 0 aliphatic heterocycles. The van der Waals surface area contributed by atoms with E-state index in [-0.39, 0.29) is 11.6 Å². The topological polar surface area (TPSA) is 58.2 Å². The fraction of sp³-hybridized carbons (Fsp3) is 0.0909. The van der Waals surface area contributed by atoms with Gasteiger partial charge in [-0.1, -0.05) is 48.5 Å². The third-order valence-corrected chi connectivity index (χ3v) is 4.29. The van der Waals surface area contributed by atoms with E-state index in [9.17, 15) is 9.59 Å². The van der Waals surface area contributed by atoms with Crippen molar-refractivity contribution < 1.29 is 9.59 Å². The maximum absolute atomic E-state index is 12.7. The van der Waals surface area contributed by atoms with Gasteiger partial charge in [0.1, 0.15) is 0 Å². The number of hydrogen-bond acceptors (Lipinski definition) is 4. The number of benzene rings is 3. The van der Waals surface area contributed by atoms with Crippen molar-refractivity contribution in [1.29, 1.82) is 0 Å². The number of rotatable bonds is 6. The lowest BCUT2D eigenvalue weighted by atomic mass is 9.97. The van der Waals surface area contributed by atoms with Crippen molar-refractivity contribution in [2.24, 2.45) is 0 Å². The van der Waals surface area contributed by atoms with E-state index in [0.717, 1.165) is 11.4 Å². The van der Waals surface area contributed by atoms with Crippen molar-refractivity contribution in [3.05, 3.63) is 95.1 Å². The van der Waals surface area contributed by atoms with Crippen LogP contribution in [0.15, 0.2) is 72.8 Å². The Kier molecular flexibility index (Phi) is 5.13. The Morgan fingerprint density at radius 2 is 0.923 bits per heavy atom. The van der Waals surface area contributed by atoms with E-state index in [1.165, 1.54) is 0 Å². The Balaban J connectivity index is 1.89. The number of hydrogen-bond donors (Lipinski definition) is 2. The maximum Gasteiger partial charge on any atom is 0.195 e. The predicted molar refractivity (Wildman–Crippen MR) is 105 cm³/mol. The Hall–Kier alpha value is -3.40. The summed E-state index contributed by atoms with van der Waals surface area (Å²) in [6.45, 7) is 0. The molecule has 3 aromatic rings. The highest BCUT2D eigenvalue weighted by atomic mass is 16.1. The second-order valence-electron chi connectivity index (χ2n) is 5.83. The molecular formula is C22H20N2O2. The lowest BCUT2D eigenvalue weighted by Gasteiger charge is -2.10. The molecule has 0 fully saturated rings. The molecule has 0 unspecified atom stereocenters. The molecule has 4 nitrogen and oxygen atoms in total. The van der Waals surface area contributed by atoms with Crippen LogP contribution in [0.2, 0.25) is 0 Å². The van der Waals surface area contributed by atoms with Crippen LogP contribution in [0, 0.1) is 0 Å². The van der Waals surface area contributed by atoms with Gasteiger partial charge in [0.2, 0.25) is 0 Å². The Bertz CT molecular complexity index is 868. The van der Waals surface area contributed by atoms with E-state index < -0.39 is 0 Å². The lowest BCUT2D eigenvalue weighted by molar-refractivity contribution is 0.102. The van der Waals surface area contributed by atoms with Crippen molar-refractivity contribution >= 4 is 22.9 Å². The highest BCUT2D eigenvalue weighted by molar-refractivity contribution is 6.14. The third kappa shape index (κ3) is 3.35. The molecule has 0 radical (unpaired) electrons. The van der Waals surface area contributed by atoms with Gasteiger partial charge in [0.05, 0.1) is 0 Å². The van der Waals surface area contributed by atoms with Gasteiger partial charge in [-0.2, -0.15) is 0 Å². The molecule has 4 heteroatoms. The van der Waals surface area contributed by atoms with E-state index >= 15 is 0 Å². The SMILES string of the molecule is CNc1ccccc1C(=O)c1ccc(C(=O)c2ccccc2NC)cc1. The molecule has 3 aromatic carbocycles. The van der Waals surface area contributed by atoms with Crippen LogP contribution in [0.5, 0.6) is 0 Å². The van der Waals surface area contributed by atoms with Crippen LogP contribution < -0.4 is 10.6 Å². The summed E-state index contributed by atoms with van der Waals surface area (Å²) in [7, 11) is 3.57. The largest absolute Gasteiger partial charge is 0.388 e. The van der Waals surface area contributed by atoms with Crippen molar-refractivity contribution in [3.63, 3.8) is 0 Å². The van der Waals surface area contributed by atoms with Crippen molar-refractivity contribution in [3.8, 4) is 0 Å². The Labute approximate surface area is 152 Å². The first-order valence-electron chi connectivity index (χ1n) is 8.38. The number of ketones is 2. The Morgan fingerprint density at radius 3 is 1.27 bits per heavy atom. The summed E-state index contributed by atoms with van der Waals surface area (Å²) in [6, 6.07) is 21.5. The van der Waals surface area contributed by atoms with Crippen LogP contribution in [-0.4, -0.2) is 25.7 Å². The monoisotopic (exact) mass is 344 g/mol. The zero-order valence-electron chi connectivity index (χ0n) is 14.7. The molecule has 0 atom stereocenters. The second kappa shape index (κ2) is 7.66. The molecule has 0 spiro atoms. The molecule has 0 aliphatic carbocycles. The summed E-state index contributed by atoms with van der Waals surface area (Å²) in [5.74, 6) is -0.158. The fourth-order valence-electron chi connectivity index (χ4n) is 2.88. The summed E-state index contributed by atoms with van der Waals surface area (Å²) in [6.07, 6.45) is 0. The normalized spacial score (nSPS) is 10.2. The molecule has 0 amide bonds. The molecule has 2 N–H and O–H groups in total. The van der Waals surface area contributed by atoms with Crippen molar-refractivity contribution in [2.45, 2.75) is 0 Å². The minimum absolute atomic E-state index is 0.0791. The molecule has 3 rings (SSSR count). The molecule has 0 saturated carbocycles. The minimum atomic E-state index is -0.0791. The smallest absolute Gasteiger partial charge is 0.195 e. The van der Waals surface area contributed by atoms with Crippen LogP contribution in [0.3, 0.4) is 0 Å². The van der Waals surface area contributed by atoms with Crippen LogP contribution >= 0.6 is 0 Å². The summed E-state index contributed by atoms with van der Waals surface area (Å²) in [4.78, 5) is 25.5. The standard InChI is InChI=1S/C22H20N2O2/c1-23-19-9-5-3-7-17(19)21(25)15-11-13-16(14-12-15)22(26)18-8-4-6-10-20(18)24-2/h3-14,23-24H,1-2H3. The van der Waals surface area contributed by atoms with Gasteiger partial charge in [0, 0.05) is 47.7 Å². The summed E-state index contributed by atoms with van der Waals surface area (Å²) < 4.78 is 0. The molecule has 130 valence electrons. The van der Waals surface area contributed by atoms with Crippen LogP contribution in [-0.2, 0) is 0 Å². The Morgan fingerprint density at radius 1 is 0.577 bits per heavy atom. The first-order valence-corrected chi connectivity index (χ1v) is 8.38.